The van der Waals surface area contributed by atoms with Crippen LogP contribution >= 0.6 is 0 Å². The van der Waals surface area contributed by atoms with E-state index in [9.17, 15) is 0 Å². The first kappa shape index (κ1) is 12.3. The Morgan fingerprint density at radius 2 is 1.81 bits per heavy atom. The van der Waals surface area contributed by atoms with Crippen LogP contribution in [-0.2, 0) is 0 Å². The Labute approximate surface area is 124 Å². The van der Waals surface area contributed by atoms with Crippen LogP contribution in [0.5, 0.6) is 5.75 Å². The van der Waals surface area contributed by atoms with Crippen molar-refractivity contribution in [1.82, 2.24) is 0 Å². The molecule has 2 heteroatoms. The Balaban J connectivity index is 1.72. The number of fused-ring (bicyclic) bond motifs is 2. The SMILES string of the molecule is Cc1cccc2c1OC(c1ccc3ccccc3c1)CN2. The maximum atomic E-state index is 6.24. The van der Waals surface area contributed by atoms with Gasteiger partial charge in [-0.1, -0.05) is 48.5 Å². The van der Waals surface area contributed by atoms with Crippen LogP contribution in [0.3, 0.4) is 0 Å². The summed E-state index contributed by atoms with van der Waals surface area (Å²) in [6.45, 7) is 2.89. The molecule has 0 saturated carbocycles. The van der Waals surface area contributed by atoms with Gasteiger partial charge in [-0.3, -0.25) is 0 Å². The van der Waals surface area contributed by atoms with Crippen molar-refractivity contribution in [3.05, 3.63) is 71.8 Å². The van der Waals surface area contributed by atoms with E-state index in [1.165, 1.54) is 21.9 Å². The maximum Gasteiger partial charge on any atom is 0.146 e. The molecule has 1 heterocycles. The second-order valence-electron chi connectivity index (χ2n) is 5.55. The summed E-state index contributed by atoms with van der Waals surface area (Å²) in [6.07, 6.45) is 0.0585. The van der Waals surface area contributed by atoms with Gasteiger partial charge in [-0.15, -0.1) is 0 Å². The average molecular weight is 275 g/mol. The number of anilines is 1. The number of rotatable bonds is 1. The molecule has 1 aliphatic heterocycles. The third-order valence-corrected chi connectivity index (χ3v) is 4.10. The molecular formula is C19H17NO. The van der Waals surface area contributed by atoms with Crippen LogP contribution in [0.2, 0.25) is 0 Å². The molecule has 1 aliphatic rings. The number of aryl methyl sites for hydroxylation is 1. The van der Waals surface area contributed by atoms with Gasteiger partial charge in [-0.05, 0) is 41.0 Å². The second-order valence-corrected chi connectivity index (χ2v) is 5.55. The second kappa shape index (κ2) is 4.81. The van der Waals surface area contributed by atoms with Gasteiger partial charge in [0.25, 0.3) is 0 Å². The van der Waals surface area contributed by atoms with Crippen LogP contribution in [0.1, 0.15) is 17.2 Å². The van der Waals surface area contributed by atoms with Crippen LogP contribution in [0, 0.1) is 6.92 Å². The molecule has 1 N–H and O–H groups in total. The summed E-state index contributed by atoms with van der Waals surface area (Å²) >= 11 is 0. The van der Waals surface area contributed by atoms with E-state index in [2.05, 4.69) is 72.9 Å². The molecule has 1 unspecified atom stereocenters. The molecular weight excluding hydrogens is 258 g/mol. The monoisotopic (exact) mass is 275 g/mol. The van der Waals surface area contributed by atoms with E-state index < -0.39 is 0 Å². The first-order chi connectivity index (χ1) is 10.3. The van der Waals surface area contributed by atoms with Crippen LogP contribution in [0.15, 0.2) is 60.7 Å². The number of nitrogens with one attached hydrogen (secondary N) is 1. The van der Waals surface area contributed by atoms with E-state index in [0.29, 0.717) is 0 Å². The largest absolute Gasteiger partial charge is 0.481 e. The zero-order chi connectivity index (χ0) is 14.2. The highest BCUT2D eigenvalue weighted by molar-refractivity contribution is 5.83. The summed E-state index contributed by atoms with van der Waals surface area (Å²) in [5.41, 5.74) is 3.48. The molecule has 0 aromatic heterocycles. The molecule has 3 aromatic rings. The van der Waals surface area contributed by atoms with Crippen molar-refractivity contribution in [2.75, 3.05) is 11.9 Å². The summed E-state index contributed by atoms with van der Waals surface area (Å²) in [5, 5.41) is 6.00. The smallest absolute Gasteiger partial charge is 0.146 e. The minimum Gasteiger partial charge on any atom is -0.481 e. The quantitative estimate of drug-likeness (QED) is 0.695. The highest BCUT2D eigenvalue weighted by Crippen LogP contribution is 2.37. The highest BCUT2D eigenvalue weighted by atomic mass is 16.5. The summed E-state index contributed by atoms with van der Waals surface area (Å²) in [7, 11) is 0. The fraction of sp³-hybridized carbons (Fsp3) is 0.158. The van der Waals surface area contributed by atoms with E-state index in [4.69, 9.17) is 4.74 Å². The molecule has 0 amide bonds. The van der Waals surface area contributed by atoms with E-state index >= 15 is 0 Å². The van der Waals surface area contributed by atoms with Crippen molar-refractivity contribution >= 4 is 16.5 Å². The normalized spacial score (nSPS) is 16.9. The Hall–Kier alpha value is -2.48. The standard InChI is InChI=1S/C19H17NO/c1-13-5-4-8-17-19(13)21-18(12-20-17)16-10-9-14-6-2-3-7-15(14)11-16/h2-11,18,20H,12H2,1H3. The summed E-state index contributed by atoms with van der Waals surface area (Å²) in [6, 6.07) is 21.2. The van der Waals surface area contributed by atoms with E-state index in [0.717, 1.165) is 18.0 Å². The predicted octanol–water partition coefficient (Wildman–Crippen LogP) is 4.69. The number of hydrogen-bond donors (Lipinski definition) is 1. The van der Waals surface area contributed by atoms with Crippen molar-refractivity contribution in [1.29, 1.82) is 0 Å². The molecule has 0 fully saturated rings. The van der Waals surface area contributed by atoms with Gasteiger partial charge in [0, 0.05) is 0 Å². The predicted molar refractivity (Wildman–Crippen MR) is 87.0 cm³/mol. The van der Waals surface area contributed by atoms with Gasteiger partial charge < -0.3 is 10.1 Å². The minimum atomic E-state index is 0.0585. The zero-order valence-corrected chi connectivity index (χ0v) is 12.0. The molecule has 1 atom stereocenters. The third-order valence-electron chi connectivity index (χ3n) is 4.10. The van der Waals surface area contributed by atoms with Gasteiger partial charge in [0.05, 0.1) is 12.2 Å². The third kappa shape index (κ3) is 2.13. The molecule has 0 saturated heterocycles. The highest BCUT2D eigenvalue weighted by Gasteiger charge is 2.22. The van der Waals surface area contributed by atoms with Crippen molar-refractivity contribution in [3.63, 3.8) is 0 Å². The lowest BCUT2D eigenvalue weighted by molar-refractivity contribution is 0.209. The van der Waals surface area contributed by atoms with E-state index in [-0.39, 0.29) is 6.10 Å². The van der Waals surface area contributed by atoms with Crippen LogP contribution in [0.4, 0.5) is 5.69 Å². The Kier molecular flexibility index (Phi) is 2.81. The van der Waals surface area contributed by atoms with E-state index in [1.807, 2.05) is 0 Å². The zero-order valence-electron chi connectivity index (χ0n) is 12.0. The number of benzene rings is 3. The molecule has 3 aromatic carbocycles. The van der Waals surface area contributed by atoms with Crippen molar-refractivity contribution in [2.24, 2.45) is 0 Å². The topological polar surface area (TPSA) is 21.3 Å². The van der Waals surface area contributed by atoms with Gasteiger partial charge in [0.2, 0.25) is 0 Å². The van der Waals surface area contributed by atoms with Gasteiger partial charge in [-0.2, -0.15) is 0 Å². The Morgan fingerprint density at radius 1 is 0.952 bits per heavy atom. The van der Waals surface area contributed by atoms with Crippen molar-refractivity contribution in [3.8, 4) is 5.75 Å². The fourth-order valence-electron chi connectivity index (χ4n) is 2.93. The van der Waals surface area contributed by atoms with Crippen molar-refractivity contribution in [2.45, 2.75) is 13.0 Å². The van der Waals surface area contributed by atoms with Crippen molar-refractivity contribution < 1.29 is 4.74 Å². The lowest BCUT2D eigenvalue weighted by Gasteiger charge is -2.29. The molecule has 0 radical (unpaired) electrons. The molecule has 21 heavy (non-hydrogen) atoms. The first-order valence-electron chi connectivity index (χ1n) is 7.30. The maximum absolute atomic E-state index is 6.24. The average Bonchev–Trinajstić information content (AvgIpc) is 2.54. The van der Waals surface area contributed by atoms with Gasteiger partial charge in [0.15, 0.2) is 0 Å². The Morgan fingerprint density at radius 3 is 2.71 bits per heavy atom. The summed E-state index contributed by atoms with van der Waals surface area (Å²) in [4.78, 5) is 0. The molecule has 2 nitrogen and oxygen atoms in total. The van der Waals surface area contributed by atoms with Crippen LogP contribution < -0.4 is 10.1 Å². The van der Waals surface area contributed by atoms with Gasteiger partial charge >= 0.3 is 0 Å². The lowest BCUT2D eigenvalue weighted by Crippen LogP contribution is -2.24. The molecule has 0 bridgehead atoms. The molecule has 104 valence electrons. The first-order valence-corrected chi connectivity index (χ1v) is 7.30. The Bertz CT molecular complexity index is 810. The minimum absolute atomic E-state index is 0.0585. The van der Waals surface area contributed by atoms with E-state index in [1.54, 1.807) is 0 Å². The summed E-state index contributed by atoms with van der Waals surface area (Å²) in [5.74, 6) is 0.974. The summed E-state index contributed by atoms with van der Waals surface area (Å²) < 4.78 is 6.24. The van der Waals surface area contributed by atoms with Gasteiger partial charge in [0.1, 0.15) is 11.9 Å². The number of ether oxygens (including phenoxy) is 1. The number of hydrogen-bond acceptors (Lipinski definition) is 2. The van der Waals surface area contributed by atoms with Gasteiger partial charge in [-0.25, -0.2) is 0 Å². The molecule has 4 rings (SSSR count). The lowest BCUT2D eigenvalue weighted by atomic mass is 10.0. The molecule has 0 spiro atoms. The van der Waals surface area contributed by atoms with Crippen LogP contribution in [0.25, 0.3) is 10.8 Å². The molecule has 0 aliphatic carbocycles. The number of para-hydroxylation sites is 1. The van der Waals surface area contributed by atoms with Crippen LogP contribution in [-0.4, -0.2) is 6.54 Å². The fourth-order valence-corrected chi connectivity index (χ4v) is 2.93.